The van der Waals surface area contributed by atoms with Crippen LogP contribution in [0.25, 0.3) is 0 Å². The first kappa shape index (κ1) is 14.9. The summed E-state index contributed by atoms with van der Waals surface area (Å²) in [6.07, 6.45) is 5.80. The van der Waals surface area contributed by atoms with Crippen LogP contribution >= 0.6 is 0 Å². The molecule has 0 spiro atoms. The lowest BCUT2D eigenvalue weighted by Crippen LogP contribution is -2.50. The topological polar surface area (TPSA) is 75.4 Å². The molecule has 1 rings (SSSR count). The van der Waals surface area contributed by atoms with Crippen LogP contribution in [0.5, 0.6) is 0 Å². The van der Waals surface area contributed by atoms with Gasteiger partial charge in [0, 0.05) is 26.2 Å². The number of nitrogens with one attached hydrogen (secondary N) is 1. The predicted molar refractivity (Wildman–Crippen MR) is 69.8 cm³/mol. The first-order valence-corrected chi connectivity index (χ1v) is 7.89. The third kappa shape index (κ3) is 4.21. The Kier molecular flexibility index (Phi) is 5.85. The molecular formula is C11H25N3O2S. The molecule has 5 nitrogen and oxygen atoms in total. The van der Waals surface area contributed by atoms with Gasteiger partial charge >= 0.3 is 0 Å². The molecule has 0 bridgehead atoms. The highest BCUT2D eigenvalue weighted by Crippen LogP contribution is 2.26. The van der Waals surface area contributed by atoms with Crippen LogP contribution in [0.4, 0.5) is 0 Å². The molecule has 0 aromatic heterocycles. The van der Waals surface area contributed by atoms with Crippen molar-refractivity contribution < 1.29 is 8.42 Å². The van der Waals surface area contributed by atoms with Gasteiger partial charge in [0.2, 0.25) is 0 Å². The quantitative estimate of drug-likeness (QED) is 0.740. The number of hydrogen-bond donors (Lipinski definition) is 2. The molecule has 0 aromatic rings. The summed E-state index contributed by atoms with van der Waals surface area (Å²) in [5.41, 5.74) is 5.71. The van der Waals surface area contributed by atoms with Crippen LogP contribution in [0.3, 0.4) is 0 Å². The average Bonchev–Trinajstić information content (AvgIpc) is 2.36. The average molecular weight is 263 g/mol. The van der Waals surface area contributed by atoms with Gasteiger partial charge in [0.1, 0.15) is 0 Å². The van der Waals surface area contributed by atoms with E-state index >= 15 is 0 Å². The van der Waals surface area contributed by atoms with E-state index in [1.54, 1.807) is 7.05 Å². The van der Waals surface area contributed by atoms with Crippen LogP contribution in [0.1, 0.15) is 39.0 Å². The maximum absolute atomic E-state index is 11.9. The monoisotopic (exact) mass is 263 g/mol. The van der Waals surface area contributed by atoms with E-state index in [1.165, 1.54) is 23.6 Å². The van der Waals surface area contributed by atoms with E-state index in [1.807, 2.05) is 6.92 Å². The molecule has 3 N–H and O–H groups in total. The fourth-order valence-corrected chi connectivity index (χ4v) is 3.52. The zero-order chi connectivity index (χ0) is 12.9. The van der Waals surface area contributed by atoms with Crippen LogP contribution in [-0.2, 0) is 10.2 Å². The maximum Gasteiger partial charge on any atom is 0.279 e. The van der Waals surface area contributed by atoms with Crippen molar-refractivity contribution in [3.05, 3.63) is 0 Å². The maximum atomic E-state index is 11.9. The lowest BCUT2D eigenvalue weighted by Gasteiger charge is -2.31. The van der Waals surface area contributed by atoms with Gasteiger partial charge in [0.05, 0.1) is 0 Å². The van der Waals surface area contributed by atoms with E-state index in [2.05, 4.69) is 4.72 Å². The van der Waals surface area contributed by atoms with Crippen molar-refractivity contribution in [2.75, 3.05) is 20.1 Å². The summed E-state index contributed by atoms with van der Waals surface area (Å²) < 4.78 is 27.9. The van der Waals surface area contributed by atoms with Gasteiger partial charge in [-0.2, -0.15) is 17.4 Å². The first-order valence-electron chi connectivity index (χ1n) is 6.45. The highest BCUT2D eigenvalue weighted by Gasteiger charge is 2.27. The van der Waals surface area contributed by atoms with Crippen molar-refractivity contribution in [1.82, 2.24) is 9.03 Å². The van der Waals surface area contributed by atoms with Crippen LogP contribution < -0.4 is 10.5 Å². The molecule has 1 aliphatic carbocycles. The molecule has 0 heterocycles. The number of hydrogen-bond acceptors (Lipinski definition) is 3. The molecule has 0 unspecified atom stereocenters. The number of nitrogens with zero attached hydrogens (tertiary/aromatic N) is 1. The predicted octanol–water partition coefficient (Wildman–Crippen LogP) is 0.680. The Labute approximate surface area is 105 Å². The second-order valence-corrected chi connectivity index (χ2v) is 6.59. The van der Waals surface area contributed by atoms with Crippen LogP contribution in [0.15, 0.2) is 0 Å². The Bertz CT molecular complexity index is 313. The van der Waals surface area contributed by atoms with Crippen molar-refractivity contribution in [2.45, 2.75) is 45.1 Å². The summed E-state index contributed by atoms with van der Waals surface area (Å²) in [7, 11) is -1.79. The Morgan fingerprint density at radius 3 is 2.41 bits per heavy atom. The van der Waals surface area contributed by atoms with Crippen molar-refractivity contribution in [3.8, 4) is 0 Å². The van der Waals surface area contributed by atoms with Crippen LogP contribution in [0.2, 0.25) is 0 Å². The van der Waals surface area contributed by atoms with E-state index in [0.717, 1.165) is 12.8 Å². The van der Waals surface area contributed by atoms with Gasteiger partial charge < -0.3 is 5.73 Å². The summed E-state index contributed by atoms with van der Waals surface area (Å²) in [4.78, 5) is 0. The molecule has 0 amide bonds. The minimum absolute atomic E-state index is 0.116. The Morgan fingerprint density at radius 1 is 1.35 bits per heavy atom. The molecule has 0 aliphatic heterocycles. The zero-order valence-electron chi connectivity index (χ0n) is 10.9. The minimum atomic E-state index is -3.37. The van der Waals surface area contributed by atoms with Crippen molar-refractivity contribution in [3.63, 3.8) is 0 Å². The molecule has 6 heteroatoms. The summed E-state index contributed by atoms with van der Waals surface area (Å²) in [5.74, 6) is 0.397. The highest BCUT2D eigenvalue weighted by atomic mass is 32.2. The van der Waals surface area contributed by atoms with Gasteiger partial charge in [0.15, 0.2) is 0 Å². The van der Waals surface area contributed by atoms with Crippen LogP contribution in [0, 0.1) is 5.92 Å². The van der Waals surface area contributed by atoms with E-state index in [4.69, 9.17) is 5.73 Å². The van der Waals surface area contributed by atoms with Gasteiger partial charge in [-0.05, 0) is 18.8 Å². The van der Waals surface area contributed by atoms with Gasteiger partial charge in [0.25, 0.3) is 10.2 Å². The smallest absolute Gasteiger partial charge is 0.279 e. The molecule has 1 fully saturated rings. The molecule has 102 valence electrons. The molecule has 17 heavy (non-hydrogen) atoms. The second-order valence-electron chi connectivity index (χ2n) is 4.78. The SMILES string of the molecule is CCN(C)S(=O)(=O)N[C@H](CN)C1CCCCC1. The van der Waals surface area contributed by atoms with Gasteiger partial charge in [-0.25, -0.2) is 0 Å². The van der Waals surface area contributed by atoms with Crippen molar-refractivity contribution in [2.24, 2.45) is 11.7 Å². The molecule has 1 atom stereocenters. The van der Waals surface area contributed by atoms with Gasteiger partial charge in [-0.15, -0.1) is 0 Å². The normalized spacial score (nSPS) is 20.7. The van der Waals surface area contributed by atoms with E-state index in [9.17, 15) is 8.42 Å². The minimum Gasteiger partial charge on any atom is -0.329 e. The summed E-state index contributed by atoms with van der Waals surface area (Å²) >= 11 is 0. The van der Waals surface area contributed by atoms with Crippen molar-refractivity contribution >= 4 is 10.2 Å². The first-order chi connectivity index (χ1) is 8.01. The van der Waals surface area contributed by atoms with Gasteiger partial charge in [-0.3, -0.25) is 0 Å². The Balaban J connectivity index is 2.62. The highest BCUT2D eigenvalue weighted by molar-refractivity contribution is 7.87. The number of nitrogens with two attached hydrogens (primary N) is 1. The van der Waals surface area contributed by atoms with Gasteiger partial charge in [-0.1, -0.05) is 26.2 Å². The standard InChI is InChI=1S/C11H25N3O2S/c1-3-14(2)17(15,16)13-11(9-12)10-7-5-4-6-8-10/h10-11,13H,3-9,12H2,1-2H3/t11-/m1/s1. The Hall–Kier alpha value is -0.170. The zero-order valence-corrected chi connectivity index (χ0v) is 11.7. The van der Waals surface area contributed by atoms with E-state index in [-0.39, 0.29) is 6.04 Å². The van der Waals surface area contributed by atoms with E-state index in [0.29, 0.717) is 19.0 Å². The molecule has 1 saturated carbocycles. The third-order valence-electron chi connectivity index (χ3n) is 3.63. The summed E-state index contributed by atoms with van der Waals surface area (Å²) in [6, 6.07) is -0.116. The second kappa shape index (κ2) is 6.68. The fraction of sp³-hybridized carbons (Fsp3) is 1.00. The molecule has 0 radical (unpaired) electrons. The third-order valence-corrected chi connectivity index (χ3v) is 5.31. The summed E-state index contributed by atoms with van der Waals surface area (Å²) in [5, 5.41) is 0. The molecule has 0 saturated heterocycles. The fourth-order valence-electron chi connectivity index (χ4n) is 2.32. The van der Waals surface area contributed by atoms with E-state index < -0.39 is 10.2 Å². The molecule has 0 aromatic carbocycles. The molecular weight excluding hydrogens is 238 g/mol. The van der Waals surface area contributed by atoms with Crippen molar-refractivity contribution in [1.29, 1.82) is 0 Å². The Morgan fingerprint density at radius 2 is 1.94 bits per heavy atom. The van der Waals surface area contributed by atoms with Crippen LogP contribution in [-0.4, -0.2) is 38.9 Å². The largest absolute Gasteiger partial charge is 0.329 e. The number of rotatable bonds is 6. The summed E-state index contributed by atoms with van der Waals surface area (Å²) in [6.45, 7) is 2.66. The molecule has 1 aliphatic rings. The lowest BCUT2D eigenvalue weighted by atomic mass is 9.84. The lowest BCUT2D eigenvalue weighted by molar-refractivity contribution is 0.290.